The summed E-state index contributed by atoms with van der Waals surface area (Å²) in [6.45, 7) is 1.18. The predicted octanol–water partition coefficient (Wildman–Crippen LogP) is 1.33. The molecule has 1 fully saturated rings. The molecule has 1 aliphatic rings. The SMILES string of the molecule is COC1CNC(C(=O)NCc2ccccc2Cl)C1. The van der Waals surface area contributed by atoms with Crippen molar-refractivity contribution in [3.8, 4) is 0 Å². The molecule has 1 aromatic rings. The fourth-order valence-electron chi connectivity index (χ4n) is 2.03. The van der Waals surface area contributed by atoms with Gasteiger partial charge in [-0.15, -0.1) is 0 Å². The van der Waals surface area contributed by atoms with Crippen molar-refractivity contribution in [1.29, 1.82) is 0 Å². The molecule has 1 aliphatic heterocycles. The van der Waals surface area contributed by atoms with Crippen molar-refractivity contribution < 1.29 is 9.53 Å². The molecule has 0 aliphatic carbocycles. The molecular formula is C13H17ClN2O2. The van der Waals surface area contributed by atoms with Crippen molar-refractivity contribution in [2.75, 3.05) is 13.7 Å². The summed E-state index contributed by atoms with van der Waals surface area (Å²) >= 11 is 6.03. The van der Waals surface area contributed by atoms with E-state index in [0.717, 1.165) is 12.1 Å². The van der Waals surface area contributed by atoms with Crippen LogP contribution in [0.2, 0.25) is 5.02 Å². The van der Waals surface area contributed by atoms with Gasteiger partial charge in [-0.3, -0.25) is 4.79 Å². The number of halogens is 1. The molecule has 2 atom stereocenters. The summed E-state index contributed by atoms with van der Waals surface area (Å²) in [5, 5.41) is 6.70. The van der Waals surface area contributed by atoms with E-state index in [9.17, 15) is 4.79 Å². The van der Waals surface area contributed by atoms with Gasteiger partial charge in [0, 0.05) is 25.2 Å². The molecule has 0 bridgehead atoms. The molecule has 2 N–H and O–H groups in total. The molecule has 1 amide bonds. The highest BCUT2D eigenvalue weighted by Crippen LogP contribution is 2.15. The van der Waals surface area contributed by atoms with Crippen LogP contribution in [0.4, 0.5) is 0 Å². The van der Waals surface area contributed by atoms with Gasteiger partial charge in [-0.05, 0) is 18.1 Å². The normalized spacial score (nSPS) is 23.0. The van der Waals surface area contributed by atoms with Crippen molar-refractivity contribution in [2.24, 2.45) is 0 Å². The Morgan fingerprint density at radius 2 is 2.33 bits per heavy atom. The Kier molecular flexibility index (Phi) is 4.58. The minimum Gasteiger partial charge on any atom is -0.380 e. The standard InChI is InChI=1S/C13H17ClN2O2/c1-18-10-6-12(15-8-10)13(17)16-7-9-4-2-3-5-11(9)14/h2-5,10,12,15H,6-8H2,1H3,(H,16,17). The van der Waals surface area contributed by atoms with Gasteiger partial charge in [-0.2, -0.15) is 0 Å². The fourth-order valence-corrected chi connectivity index (χ4v) is 2.23. The lowest BCUT2D eigenvalue weighted by molar-refractivity contribution is -0.123. The first-order valence-electron chi connectivity index (χ1n) is 5.98. The number of ether oxygens (including phenoxy) is 1. The third-order valence-electron chi connectivity index (χ3n) is 3.15. The highest BCUT2D eigenvalue weighted by atomic mass is 35.5. The van der Waals surface area contributed by atoms with Gasteiger partial charge in [-0.1, -0.05) is 29.8 Å². The average Bonchev–Trinajstić information content (AvgIpc) is 2.86. The van der Waals surface area contributed by atoms with E-state index in [1.54, 1.807) is 7.11 Å². The van der Waals surface area contributed by atoms with Gasteiger partial charge in [0.1, 0.15) is 0 Å². The second kappa shape index (κ2) is 6.18. The van der Waals surface area contributed by atoms with E-state index in [-0.39, 0.29) is 18.1 Å². The van der Waals surface area contributed by atoms with Gasteiger partial charge in [-0.25, -0.2) is 0 Å². The highest BCUT2D eigenvalue weighted by Gasteiger charge is 2.28. The van der Waals surface area contributed by atoms with Crippen LogP contribution in [-0.4, -0.2) is 31.7 Å². The summed E-state index contributed by atoms with van der Waals surface area (Å²) in [4.78, 5) is 11.9. The highest BCUT2D eigenvalue weighted by molar-refractivity contribution is 6.31. The van der Waals surface area contributed by atoms with E-state index < -0.39 is 0 Å². The Labute approximate surface area is 112 Å². The largest absolute Gasteiger partial charge is 0.380 e. The zero-order valence-electron chi connectivity index (χ0n) is 10.3. The van der Waals surface area contributed by atoms with Crippen LogP contribution in [0.1, 0.15) is 12.0 Å². The van der Waals surface area contributed by atoms with Crippen LogP contribution in [-0.2, 0) is 16.1 Å². The summed E-state index contributed by atoms with van der Waals surface area (Å²) in [6.07, 6.45) is 0.839. The number of rotatable bonds is 4. The van der Waals surface area contributed by atoms with Crippen molar-refractivity contribution in [1.82, 2.24) is 10.6 Å². The number of benzene rings is 1. The van der Waals surface area contributed by atoms with E-state index in [0.29, 0.717) is 18.0 Å². The molecule has 1 aromatic carbocycles. The molecule has 2 rings (SSSR count). The molecule has 0 spiro atoms. The third kappa shape index (κ3) is 3.22. The maximum Gasteiger partial charge on any atom is 0.237 e. The van der Waals surface area contributed by atoms with Gasteiger partial charge in [0.25, 0.3) is 0 Å². The number of amides is 1. The minimum atomic E-state index is -0.169. The van der Waals surface area contributed by atoms with Crippen LogP contribution in [0, 0.1) is 0 Å². The summed E-state index contributed by atoms with van der Waals surface area (Å²) < 4.78 is 5.21. The van der Waals surface area contributed by atoms with E-state index in [1.807, 2.05) is 24.3 Å². The molecule has 1 saturated heterocycles. The first kappa shape index (κ1) is 13.3. The maximum absolute atomic E-state index is 11.9. The van der Waals surface area contributed by atoms with E-state index in [2.05, 4.69) is 10.6 Å². The van der Waals surface area contributed by atoms with E-state index in [4.69, 9.17) is 16.3 Å². The smallest absolute Gasteiger partial charge is 0.237 e. The van der Waals surface area contributed by atoms with E-state index >= 15 is 0 Å². The summed E-state index contributed by atoms with van der Waals surface area (Å²) in [6, 6.07) is 7.33. The van der Waals surface area contributed by atoms with E-state index in [1.165, 1.54) is 0 Å². The van der Waals surface area contributed by atoms with Crippen molar-refractivity contribution in [3.05, 3.63) is 34.9 Å². The second-order valence-electron chi connectivity index (χ2n) is 4.36. The number of carbonyl (C=O) groups excluding carboxylic acids is 1. The van der Waals surface area contributed by atoms with Crippen LogP contribution in [0.25, 0.3) is 0 Å². The number of nitrogens with one attached hydrogen (secondary N) is 2. The summed E-state index contributed by atoms with van der Waals surface area (Å²) in [7, 11) is 1.66. The zero-order chi connectivity index (χ0) is 13.0. The number of carbonyl (C=O) groups is 1. The molecule has 5 heteroatoms. The minimum absolute atomic E-state index is 0.00512. The van der Waals surface area contributed by atoms with Gasteiger partial charge >= 0.3 is 0 Å². The van der Waals surface area contributed by atoms with Gasteiger partial charge in [0.2, 0.25) is 5.91 Å². The Morgan fingerprint density at radius 1 is 1.56 bits per heavy atom. The van der Waals surface area contributed by atoms with Crippen LogP contribution in [0.3, 0.4) is 0 Å². The van der Waals surface area contributed by atoms with Crippen LogP contribution in [0.15, 0.2) is 24.3 Å². The predicted molar refractivity (Wildman–Crippen MR) is 70.5 cm³/mol. The third-order valence-corrected chi connectivity index (χ3v) is 3.52. The fraction of sp³-hybridized carbons (Fsp3) is 0.462. The first-order valence-corrected chi connectivity index (χ1v) is 6.36. The second-order valence-corrected chi connectivity index (χ2v) is 4.77. The van der Waals surface area contributed by atoms with Crippen molar-refractivity contribution in [3.63, 3.8) is 0 Å². The molecule has 0 aromatic heterocycles. The van der Waals surface area contributed by atoms with Crippen LogP contribution >= 0.6 is 11.6 Å². The number of methoxy groups -OCH3 is 1. The average molecular weight is 269 g/mol. The molecule has 18 heavy (non-hydrogen) atoms. The first-order chi connectivity index (χ1) is 8.70. The molecule has 2 unspecified atom stereocenters. The molecule has 98 valence electrons. The molecule has 1 heterocycles. The lowest BCUT2D eigenvalue weighted by atomic mass is 10.1. The molecule has 0 saturated carbocycles. The van der Waals surface area contributed by atoms with Crippen LogP contribution in [0.5, 0.6) is 0 Å². The Morgan fingerprint density at radius 3 is 3.00 bits per heavy atom. The van der Waals surface area contributed by atoms with Crippen molar-refractivity contribution >= 4 is 17.5 Å². The topological polar surface area (TPSA) is 50.4 Å². The quantitative estimate of drug-likeness (QED) is 0.866. The zero-order valence-corrected chi connectivity index (χ0v) is 11.0. The lowest BCUT2D eigenvalue weighted by Gasteiger charge is -2.12. The Hall–Kier alpha value is -1.10. The van der Waals surface area contributed by atoms with Crippen molar-refractivity contribution in [2.45, 2.75) is 25.1 Å². The van der Waals surface area contributed by atoms with Gasteiger partial charge in [0.15, 0.2) is 0 Å². The summed E-state index contributed by atoms with van der Waals surface area (Å²) in [5.41, 5.74) is 0.925. The molecular weight excluding hydrogens is 252 g/mol. The monoisotopic (exact) mass is 268 g/mol. The van der Waals surface area contributed by atoms with Crippen LogP contribution < -0.4 is 10.6 Å². The lowest BCUT2D eigenvalue weighted by Crippen LogP contribution is -2.40. The molecule has 4 nitrogen and oxygen atoms in total. The number of hydrogen-bond acceptors (Lipinski definition) is 3. The Bertz CT molecular complexity index is 425. The maximum atomic E-state index is 11.9. The van der Waals surface area contributed by atoms with Gasteiger partial charge < -0.3 is 15.4 Å². The Balaban J connectivity index is 1.84. The van der Waals surface area contributed by atoms with Gasteiger partial charge in [0.05, 0.1) is 12.1 Å². The number of hydrogen-bond donors (Lipinski definition) is 2. The molecule has 0 radical (unpaired) electrons. The summed E-state index contributed by atoms with van der Waals surface area (Å²) in [5.74, 6) is -0.00512.